The molecule has 2 rings (SSSR count). The standard InChI is InChI=1S/C19H25FO/c1-5-14(17(20)6-2)12-15-7-8-16-11-13(3)9-10-19(16,4)18(15)21/h5-6,12-13,16H,1-2,7-11H2,3-4H3/b15-12+,17-14-/t13?,16-,19+/m0/s1. The molecule has 0 aromatic heterocycles. The van der Waals surface area contributed by atoms with E-state index in [9.17, 15) is 9.18 Å². The predicted octanol–water partition coefficient (Wildman–Crippen LogP) is 5.31. The Bertz CT molecular complexity index is 526. The Morgan fingerprint density at radius 3 is 2.67 bits per heavy atom. The Labute approximate surface area is 127 Å². The zero-order valence-electron chi connectivity index (χ0n) is 13.1. The smallest absolute Gasteiger partial charge is 0.165 e. The number of ketones is 1. The van der Waals surface area contributed by atoms with Gasteiger partial charge in [-0.25, -0.2) is 4.39 Å². The first-order valence-electron chi connectivity index (χ1n) is 7.82. The van der Waals surface area contributed by atoms with Gasteiger partial charge in [0.05, 0.1) is 0 Å². The van der Waals surface area contributed by atoms with Crippen LogP contribution >= 0.6 is 0 Å². The SMILES string of the molecule is C=C/C(F)=C(C=C)/C=C1\CC[C@H]2CC(C)CC[C@@]2(C)C1=O. The van der Waals surface area contributed by atoms with Crippen molar-refractivity contribution in [2.45, 2.75) is 46.0 Å². The Morgan fingerprint density at radius 1 is 1.33 bits per heavy atom. The maximum atomic E-state index is 13.7. The zero-order valence-corrected chi connectivity index (χ0v) is 13.1. The lowest BCUT2D eigenvalue weighted by atomic mass is 9.57. The molecule has 2 heteroatoms. The lowest BCUT2D eigenvalue weighted by molar-refractivity contribution is -0.132. The van der Waals surface area contributed by atoms with Gasteiger partial charge in [0.2, 0.25) is 0 Å². The van der Waals surface area contributed by atoms with Crippen LogP contribution in [0.15, 0.2) is 48.4 Å². The highest BCUT2D eigenvalue weighted by Crippen LogP contribution is 2.51. The molecule has 0 saturated heterocycles. The summed E-state index contributed by atoms with van der Waals surface area (Å²) in [7, 11) is 0. The average molecular weight is 288 g/mol. The largest absolute Gasteiger partial charge is 0.294 e. The van der Waals surface area contributed by atoms with Gasteiger partial charge in [-0.2, -0.15) is 0 Å². The second kappa shape index (κ2) is 6.13. The minimum atomic E-state index is -0.421. The molecule has 0 amide bonds. The van der Waals surface area contributed by atoms with E-state index >= 15 is 0 Å². The molecule has 114 valence electrons. The Kier molecular flexibility index (Phi) is 4.65. The van der Waals surface area contributed by atoms with Crippen molar-refractivity contribution in [3.63, 3.8) is 0 Å². The van der Waals surface area contributed by atoms with Gasteiger partial charge in [-0.1, -0.05) is 33.1 Å². The van der Waals surface area contributed by atoms with Crippen molar-refractivity contribution in [1.82, 2.24) is 0 Å². The summed E-state index contributed by atoms with van der Waals surface area (Å²) in [6, 6.07) is 0. The second-order valence-corrected chi connectivity index (χ2v) is 6.74. The summed E-state index contributed by atoms with van der Waals surface area (Å²) in [6.07, 6.45) is 9.25. The fraction of sp³-hybridized carbons (Fsp3) is 0.526. The van der Waals surface area contributed by atoms with Crippen LogP contribution in [0.1, 0.15) is 46.0 Å². The van der Waals surface area contributed by atoms with Crippen LogP contribution in [0.25, 0.3) is 0 Å². The van der Waals surface area contributed by atoms with E-state index in [-0.39, 0.29) is 11.2 Å². The Morgan fingerprint density at radius 2 is 2.05 bits per heavy atom. The highest BCUT2D eigenvalue weighted by Gasteiger charge is 2.47. The number of carbonyl (C=O) groups excluding carboxylic acids is 1. The molecule has 0 aromatic rings. The lowest BCUT2D eigenvalue weighted by Crippen LogP contribution is -2.44. The number of hydrogen-bond donors (Lipinski definition) is 0. The Balaban J connectivity index is 2.32. The fourth-order valence-electron chi connectivity index (χ4n) is 3.83. The maximum absolute atomic E-state index is 13.7. The molecule has 2 fully saturated rings. The van der Waals surface area contributed by atoms with Gasteiger partial charge >= 0.3 is 0 Å². The van der Waals surface area contributed by atoms with E-state index < -0.39 is 5.83 Å². The third-order valence-corrected chi connectivity index (χ3v) is 5.32. The van der Waals surface area contributed by atoms with Gasteiger partial charge < -0.3 is 0 Å². The monoisotopic (exact) mass is 288 g/mol. The number of carbonyl (C=O) groups is 1. The number of Topliss-reactive ketones (excluding diaryl/α,β-unsaturated/α-hetero) is 1. The summed E-state index contributed by atoms with van der Waals surface area (Å²) in [5, 5.41) is 0. The third kappa shape index (κ3) is 2.95. The average Bonchev–Trinajstić information content (AvgIpc) is 2.48. The van der Waals surface area contributed by atoms with Gasteiger partial charge in [0.15, 0.2) is 5.78 Å². The molecule has 0 aliphatic heterocycles. The third-order valence-electron chi connectivity index (χ3n) is 5.32. The summed E-state index contributed by atoms with van der Waals surface area (Å²) >= 11 is 0. The second-order valence-electron chi connectivity index (χ2n) is 6.74. The van der Waals surface area contributed by atoms with Gasteiger partial charge in [-0.05, 0) is 61.7 Å². The van der Waals surface area contributed by atoms with Crippen LogP contribution in [0.2, 0.25) is 0 Å². The molecule has 0 heterocycles. The number of hydrogen-bond acceptors (Lipinski definition) is 1. The highest BCUT2D eigenvalue weighted by atomic mass is 19.1. The summed E-state index contributed by atoms with van der Waals surface area (Å²) in [5.74, 6) is 0.978. The van der Waals surface area contributed by atoms with Crippen molar-refractivity contribution >= 4 is 5.78 Å². The number of rotatable bonds is 3. The molecule has 1 nitrogen and oxygen atoms in total. The molecule has 2 aliphatic rings. The number of fused-ring (bicyclic) bond motifs is 1. The van der Waals surface area contributed by atoms with Gasteiger partial charge in [-0.15, -0.1) is 0 Å². The molecule has 0 aromatic carbocycles. The minimum absolute atomic E-state index is 0.210. The molecule has 0 N–H and O–H groups in total. The molecular weight excluding hydrogens is 263 g/mol. The summed E-state index contributed by atoms with van der Waals surface area (Å²) in [4.78, 5) is 12.9. The molecule has 0 radical (unpaired) electrons. The van der Waals surface area contributed by atoms with E-state index in [0.717, 1.165) is 43.8 Å². The minimum Gasteiger partial charge on any atom is -0.294 e. The van der Waals surface area contributed by atoms with E-state index in [0.29, 0.717) is 17.4 Å². The molecule has 21 heavy (non-hydrogen) atoms. The lowest BCUT2D eigenvalue weighted by Gasteiger charge is -2.46. The highest BCUT2D eigenvalue weighted by molar-refractivity contribution is 6.01. The van der Waals surface area contributed by atoms with Gasteiger partial charge in [-0.3, -0.25) is 4.79 Å². The molecule has 1 unspecified atom stereocenters. The van der Waals surface area contributed by atoms with Crippen LogP contribution < -0.4 is 0 Å². The van der Waals surface area contributed by atoms with Crippen LogP contribution in [-0.2, 0) is 4.79 Å². The zero-order chi connectivity index (χ0) is 15.6. The maximum Gasteiger partial charge on any atom is 0.165 e. The summed E-state index contributed by atoms with van der Waals surface area (Å²) < 4.78 is 13.7. The summed E-state index contributed by atoms with van der Waals surface area (Å²) in [6.45, 7) is 11.4. The molecular formula is C19H25FO. The molecule has 3 atom stereocenters. The van der Waals surface area contributed by atoms with Crippen molar-refractivity contribution in [2.75, 3.05) is 0 Å². The summed E-state index contributed by atoms with van der Waals surface area (Å²) in [5.41, 5.74) is 0.850. The van der Waals surface area contributed by atoms with E-state index in [1.165, 1.54) is 6.08 Å². The van der Waals surface area contributed by atoms with Crippen molar-refractivity contribution in [3.05, 3.63) is 48.4 Å². The van der Waals surface area contributed by atoms with Gasteiger partial charge in [0.1, 0.15) is 5.83 Å². The first-order chi connectivity index (χ1) is 9.92. The topological polar surface area (TPSA) is 17.1 Å². The van der Waals surface area contributed by atoms with E-state index in [1.54, 1.807) is 6.08 Å². The van der Waals surface area contributed by atoms with E-state index in [2.05, 4.69) is 27.0 Å². The van der Waals surface area contributed by atoms with Crippen LogP contribution in [0, 0.1) is 17.3 Å². The van der Waals surface area contributed by atoms with Crippen LogP contribution in [0.4, 0.5) is 4.39 Å². The first-order valence-corrected chi connectivity index (χ1v) is 7.82. The molecule has 0 bridgehead atoms. The number of halogens is 1. The quantitative estimate of drug-likeness (QED) is 0.508. The van der Waals surface area contributed by atoms with Crippen LogP contribution in [0.3, 0.4) is 0 Å². The molecule has 0 spiro atoms. The Hall–Kier alpha value is -1.44. The van der Waals surface area contributed by atoms with Gasteiger partial charge in [0.25, 0.3) is 0 Å². The van der Waals surface area contributed by atoms with Gasteiger partial charge in [0, 0.05) is 11.0 Å². The van der Waals surface area contributed by atoms with Crippen molar-refractivity contribution < 1.29 is 9.18 Å². The predicted molar refractivity (Wildman–Crippen MR) is 85.5 cm³/mol. The van der Waals surface area contributed by atoms with Crippen molar-refractivity contribution in [2.24, 2.45) is 17.3 Å². The normalized spacial score (nSPS) is 36.0. The molecule has 2 saturated carbocycles. The van der Waals surface area contributed by atoms with Crippen LogP contribution in [0.5, 0.6) is 0 Å². The fourth-order valence-corrected chi connectivity index (χ4v) is 3.83. The number of allylic oxidation sites excluding steroid dienone is 6. The first kappa shape index (κ1) is 15.9. The van der Waals surface area contributed by atoms with Crippen molar-refractivity contribution in [3.8, 4) is 0 Å². The van der Waals surface area contributed by atoms with E-state index in [4.69, 9.17) is 0 Å². The van der Waals surface area contributed by atoms with Crippen molar-refractivity contribution in [1.29, 1.82) is 0 Å². The van der Waals surface area contributed by atoms with E-state index in [1.807, 2.05) is 0 Å². The van der Waals surface area contributed by atoms with Crippen LogP contribution in [-0.4, -0.2) is 5.78 Å². The molecule has 2 aliphatic carbocycles.